The largest absolute Gasteiger partial charge is 0.496 e. The van der Waals surface area contributed by atoms with Crippen LogP contribution >= 0.6 is 0 Å². The summed E-state index contributed by atoms with van der Waals surface area (Å²) >= 11 is 0. The molecule has 1 aromatic carbocycles. The molecule has 0 aliphatic rings. The van der Waals surface area contributed by atoms with Crippen molar-refractivity contribution in [1.82, 2.24) is 0 Å². The predicted molar refractivity (Wildman–Crippen MR) is 54.9 cm³/mol. The maximum atomic E-state index is 11.2. The molecule has 0 aromatic heterocycles. The first-order valence-electron chi connectivity index (χ1n) is 3.92. The average molecular weight is 227 g/mol. The molecule has 0 unspecified atom stereocenters. The first kappa shape index (κ1) is 11.4. The van der Waals surface area contributed by atoms with E-state index in [0.29, 0.717) is 5.75 Å². The van der Waals surface area contributed by atoms with Crippen molar-refractivity contribution >= 4 is 15.5 Å². The Morgan fingerprint density at radius 2 is 2.13 bits per heavy atom. The third-order valence-corrected chi connectivity index (χ3v) is 2.84. The number of benzene rings is 1. The molecular formula is C8H9N3O3S. The van der Waals surface area contributed by atoms with Gasteiger partial charge in [0.05, 0.1) is 17.7 Å². The zero-order chi connectivity index (χ0) is 11.5. The van der Waals surface area contributed by atoms with Crippen LogP contribution in [0.15, 0.2) is 28.2 Å². The normalized spacial score (nSPS) is 10.5. The molecule has 15 heavy (non-hydrogen) atoms. The Morgan fingerprint density at radius 3 is 2.60 bits per heavy atom. The van der Waals surface area contributed by atoms with Crippen LogP contribution in [0.4, 0.5) is 5.69 Å². The zero-order valence-corrected chi connectivity index (χ0v) is 9.02. The van der Waals surface area contributed by atoms with Gasteiger partial charge in [0.15, 0.2) is 9.84 Å². The topological polar surface area (TPSA) is 92.1 Å². The summed E-state index contributed by atoms with van der Waals surface area (Å²) in [6.45, 7) is 0. The fourth-order valence-corrected chi connectivity index (χ4v) is 1.67. The van der Waals surface area contributed by atoms with Crippen LogP contribution in [-0.2, 0) is 9.84 Å². The fraction of sp³-hybridized carbons (Fsp3) is 0.250. The molecule has 0 heterocycles. The van der Waals surface area contributed by atoms with Crippen molar-refractivity contribution in [3.63, 3.8) is 0 Å². The zero-order valence-electron chi connectivity index (χ0n) is 8.21. The number of sulfone groups is 1. The highest BCUT2D eigenvalue weighted by Gasteiger charge is 2.10. The Kier molecular flexibility index (Phi) is 3.18. The second kappa shape index (κ2) is 4.20. The summed E-state index contributed by atoms with van der Waals surface area (Å²) < 4.78 is 27.3. The smallest absolute Gasteiger partial charge is 0.175 e. The second-order valence-electron chi connectivity index (χ2n) is 2.80. The summed E-state index contributed by atoms with van der Waals surface area (Å²) in [5.74, 6) is 0.334. The lowest BCUT2D eigenvalue weighted by Gasteiger charge is -2.05. The average Bonchev–Trinajstić information content (AvgIpc) is 2.17. The van der Waals surface area contributed by atoms with Crippen molar-refractivity contribution in [1.29, 1.82) is 0 Å². The summed E-state index contributed by atoms with van der Waals surface area (Å²) in [6.07, 6.45) is 1.08. The lowest BCUT2D eigenvalue weighted by molar-refractivity contribution is 0.415. The molecule has 0 saturated heterocycles. The van der Waals surface area contributed by atoms with E-state index in [2.05, 4.69) is 10.0 Å². The number of azide groups is 1. The van der Waals surface area contributed by atoms with Crippen molar-refractivity contribution in [3.8, 4) is 5.75 Å². The first-order chi connectivity index (χ1) is 6.99. The number of methoxy groups -OCH3 is 1. The molecule has 7 heteroatoms. The van der Waals surface area contributed by atoms with E-state index in [1.54, 1.807) is 0 Å². The van der Waals surface area contributed by atoms with Gasteiger partial charge in [-0.3, -0.25) is 0 Å². The first-order valence-corrected chi connectivity index (χ1v) is 5.81. The van der Waals surface area contributed by atoms with Crippen LogP contribution in [0.3, 0.4) is 0 Å². The monoisotopic (exact) mass is 227 g/mol. The molecule has 80 valence electrons. The van der Waals surface area contributed by atoms with Gasteiger partial charge in [-0.2, -0.15) is 0 Å². The Balaban J connectivity index is 3.41. The van der Waals surface area contributed by atoms with Gasteiger partial charge in [0, 0.05) is 11.2 Å². The van der Waals surface area contributed by atoms with Gasteiger partial charge in [0.1, 0.15) is 5.75 Å². The molecular weight excluding hydrogens is 218 g/mol. The van der Waals surface area contributed by atoms with Crippen LogP contribution in [-0.4, -0.2) is 21.8 Å². The number of hydrogen-bond acceptors (Lipinski definition) is 4. The van der Waals surface area contributed by atoms with Crippen LogP contribution in [0, 0.1) is 0 Å². The Labute approximate surface area is 87.0 Å². The van der Waals surface area contributed by atoms with E-state index in [0.717, 1.165) is 6.26 Å². The van der Waals surface area contributed by atoms with Gasteiger partial charge in [0.2, 0.25) is 0 Å². The molecule has 0 radical (unpaired) electrons. The van der Waals surface area contributed by atoms with Gasteiger partial charge in [-0.1, -0.05) is 5.11 Å². The van der Waals surface area contributed by atoms with Crippen molar-refractivity contribution in [2.75, 3.05) is 13.4 Å². The molecule has 1 aromatic rings. The second-order valence-corrected chi connectivity index (χ2v) is 4.81. The maximum absolute atomic E-state index is 11.2. The quantitative estimate of drug-likeness (QED) is 0.449. The lowest BCUT2D eigenvalue weighted by atomic mass is 10.3. The minimum Gasteiger partial charge on any atom is -0.496 e. The molecule has 0 N–H and O–H groups in total. The van der Waals surface area contributed by atoms with Gasteiger partial charge in [0.25, 0.3) is 0 Å². The van der Waals surface area contributed by atoms with Crippen molar-refractivity contribution in [2.24, 2.45) is 5.11 Å². The molecule has 1 rings (SSSR count). The lowest BCUT2D eigenvalue weighted by Crippen LogP contribution is -1.96. The fourth-order valence-electron chi connectivity index (χ4n) is 1.03. The van der Waals surface area contributed by atoms with Crippen LogP contribution < -0.4 is 4.74 Å². The van der Waals surface area contributed by atoms with Crippen molar-refractivity contribution in [3.05, 3.63) is 28.6 Å². The standard InChI is InChI=1S/C8H9N3O3S/c1-14-8-4-3-6(15(2,12)13)5-7(8)10-11-9/h3-5H,1-2H3. The molecule has 0 aliphatic carbocycles. The maximum Gasteiger partial charge on any atom is 0.175 e. The third kappa shape index (κ3) is 2.61. The van der Waals surface area contributed by atoms with E-state index in [9.17, 15) is 8.42 Å². The minimum atomic E-state index is -3.31. The van der Waals surface area contributed by atoms with Gasteiger partial charge in [-0.25, -0.2) is 8.42 Å². The van der Waals surface area contributed by atoms with Crippen molar-refractivity contribution < 1.29 is 13.2 Å². The summed E-state index contributed by atoms with van der Waals surface area (Å²) in [5.41, 5.74) is 8.44. The van der Waals surface area contributed by atoms with E-state index in [4.69, 9.17) is 10.3 Å². The molecule has 6 nitrogen and oxygen atoms in total. The number of nitrogens with zero attached hydrogens (tertiary/aromatic N) is 3. The van der Waals surface area contributed by atoms with E-state index in [1.807, 2.05) is 0 Å². The SMILES string of the molecule is COc1ccc(S(C)(=O)=O)cc1N=[N+]=[N-]. The number of rotatable bonds is 3. The van der Waals surface area contributed by atoms with E-state index >= 15 is 0 Å². The summed E-state index contributed by atoms with van der Waals surface area (Å²) in [4.78, 5) is 2.68. The highest BCUT2D eigenvalue weighted by Crippen LogP contribution is 2.30. The van der Waals surface area contributed by atoms with Gasteiger partial charge in [-0.05, 0) is 23.7 Å². The van der Waals surface area contributed by atoms with Gasteiger partial charge in [-0.15, -0.1) is 0 Å². The number of hydrogen-bond donors (Lipinski definition) is 0. The van der Waals surface area contributed by atoms with Crippen molar-refractivity contribution in [2.45, 2.75) is 4.90 Å². The van der Waals surface area contributed by atoms with Crippen LogP contribution in [0.1, 0.15) is 0 Å². The van der Waals surface area contributed by atoms with E-state index in [-0.39, 0.29) is 10.6 Å². The molecule has 0 amide bonds. The van der Waals surface area contributed by atoms with Gasteiger partial charge < -0.3 is 4.74 Å². The van der Waals surface area contributed by atoms with E-state index in [1.165, 1.54) is 25.3 Å². The van der Waals surface area contributed by atoms with E-state index < -0.39 is 9.84 Å². The number of ether oxygens (including phenoxy) is 1. The Hall–Kier alpha value is -1.72. The van der Waals surface area contributed by atoms with Crippen LogP contribution in [0.5, 0.6) is 5.75 Å². The Bertz CT molecular complexity index is 518. The van der Waals surface area contributed by atoms with Crippen LogP contribution in [0.2, 0.25) is 0 Å². The van der Waals surface area contributed by atoms with Crippen LogP contribution in [0.25, 0.3) is 10.4 Å². The highest BCUT2D eigenvalue weighted by molar-refractivity contribution is 7.90. The molecule has 0 spiro atoms. The molecule has 0 saturated carbocycles. The summed E-state index contributed by atoms with van der Waals surface area (Å²) in [5, 5.41) is 3.34. The minimum absolute atomic E-state index is 0.0886. The Morgan fingerprint density at radius 1 is 1.47 bits per heavy atom. The molecule has 0 atom stereocenters. The predicted octanol–water partition coefficient (Wildman–Crippen LogP) is 2.04. The molecule has 0 bridgehead atoms. The molecule has 0 fully saturated rings. The molecule has 0 aliphatic heterocycles. The van der Waals surface area contributed by atoms with Gasteiger partial charge >= 0.3 is 0 Å². The summed E-state index contributed by atoms with van der Waals surface area (Å²) in [6, 6.07) is 4.11. The highest BCUT2D eigenvalue weighted by atomic mass is 32.2. The third-order valence-electron chi connectivity index (χ3n) is 1.73. The summed E-state index contributed by atoms with van der Waals surface area (Å²) in [7, 11) is -1.90.